The van der Waals surface area contributed by atoms with E-state index >= 15 is 0 Å². The average Bonchev–Trinajstić information content (AvgIpc) is 2.72. The molecule has 2 atom stereocenters. The van der Waals surface area contributed by atoms with Gasteiger partial charge in [0.25, 0.3) is 11.8 Å². The molecule has 2 rings (SSSR count). The average molecular weight is 363 g/mol. The van der Waals surface area contributed by atoms with Gasteiger partial charge in [0.05, 0.1) is 6.54 Å². The van der Waals surface area contributed by atoms with E-state index in [2.05, 4.69) is 30.4 Å². The maximum Gasteiger partial charge on any atom is 0.326 e. The van der Waals surface area contributed by atoms with Crippen molar-refractivity contribution in [3.8, 4) is 12.3 Å². The predicted octanol–water partition coefficient (Wildman–Crippen LogP) is 0.416. The van der Waals surface area contributed by atoms with Crippen molar-refractivity contribution in [2.75, 3.05) is 19.7 Å². The normalized spacial score (nSPS) is 27.0. The number of hydrogen-bond acceptors (Lipinski definition) is 5. The second kappa shape index (κ2) is 7.36. The van der Waals surface area contributed by atoms with Crippen molar-refractivity contribution in [1.29, 1.82) is 0 Å². The van der Waals surface area contributed by atoms with E-state index in [9.17, 15) is 19.2 Å². The molecule has 2 fully saturated rings. The van der Waals surface area contributed by atoms with Crippen LogP contribution in [-0.2, 0) is 19.1 Å². The van der Waals surface area contributed by atoms with Crippen molar-refractivity contribution in [2.24, 2.45) is 11.3 Å². The summed E-state index contributed by atoms with van der Waals surface area (Å²) in [6, 6.07) is -0.603. The fourth-order valence-electron chi connectivity index (χ4n) is 4.17. The fourth-order valence-corrected chi connectivity index (χ4v) is 4.17. The number of terminal acetylenes is 1. The zero-order valence-electron chi connectivity index (χ0n) is 15.4. The van der Waals surface area contributed by atoms with Gasteiger partial charge in [-0.25, -0.2) is 4.79 Å². The number of rotatable bonds is 5. The molecule has 0 radical (unpaired) electrons. The van der Waals surface area contributed by atoms with Crippen LogP contribution in [0.2, 0.25) is 0 Å². The van der Waals surface area contributed by atoms with Gasteiger partial charge in [0.15, 0.2) is 6.61 Å². The van der Waals surface area contributed by atoms with Crippen LogP contribution in [-0.4, -0.2) is 54.0 Å². The van der Waals surface area contributed by atoms with Crippen LogP contribution >= 0.6 is 0 Å². The molecule has 1 saturated heterocycles. The molecule has 1 aliphatic heterocycles. The summed E-state index contributed by atoms with van der Waals surface area (Å²) in [5.41, 5.74) is -1.06. The molecule has 0 bridgehead atoms. The molecule has 2 unspecified atom stereocenters. The summed E-state index contributed by atoms with van der Waals surface area (Å²) >= 11 is 0. The molecule has 4 amide bonds. The molecule has 0 aromatic rings. The third-order valence-corrected chi connectivity index (χ3v) is 4.66. The second-order valence-electron chi connectivity index (χ2n) is 7.90. The lowest BCUT2D eigenvalue weighted by molar-refractivity contribution is -0.151. The Hall–Kier alpha value is -2.56. The highest BCUT2D eigenvalue weighted by Crippen LogP contribution is 2.46. The minimum atomic E-state index is -0.970. The molecule has 8 heteroatoms. The van der Waals surface area contributed by atoms with Gasteiger partial charge in [0, 0.05) is 0 Å². The standard InChI is InChI=1S/C18H25N3O5/c1-5-6-19-13(22)10-26-14(23)9-21-15(24)18(20-16(21)25)8-12(2)7-17(3,4)11-18/h1,12H,6-11H2,2-4H3,(H,19,22)(H,20,25). The van der Waals surface area contributed by atoms with Gasteiger partial charge < -0.3 is 15.4 Å². The molecule has 1 aliphatic carbocycles. The largest absolute Gasteiger partial charge is 0.454 e. The van der Waals surface area contributed by atoms with E-state index in [0.717, 1.165) is 11.3 Å². The van der Waals surface area contributed by atoms with Crippen molar-refractivity contribution in [1.82, 2.24) is 15.5 Å². The Balaban J connectivity index is 1.98. The van der Waals surface area contributed by atoms with Gasteiger partial charge in [-0.15, -0.1) is 6.42 Å². The topological polar surface area (TPSA) is 105 Å². The molecule has 142 valence electrons. The number of hydrogen-bond donors (Lipinski definition) is 2. The maximum atomic E-state index is 12.9. The Kier molecular flexibility index (Phi) is 5.59. The number of amides is 4. The molecule has 1 spiro atoms. The van der Waals surface area contributed by atoms with Crippen LogP contribution in [0.25, 0.3) is 0 Å². The van der Waals surface area contributed by atoms with Gasteiger partial charge in [-0.3, -0.25) is 19.3 Å². The third kappa shape index (κ3) is 4.34. The van der Waals surface area contributed by atoms with Gasteiger partial charge in [-0.1, -0.05) is 26.7 Å². The van der Waals surface area contributed by atoms with E-state index in [0.29, 0.717) is 12.8 Å². The minimum absolute atomic E-state index is 0.0277. The smallest absolute Gasteiger partial charge is 0.326 e. The number of carbonyl (C=O) groups excluding carboxylic acids is 4. The van der Waals surface area contributed by atoms with E-state index in [1.165, 1.54) is 0 Å². The Labute approximate surface area is 153 Å². The van der Waals surface area contributed by atoms with Crippen LogP contribution in [0.15, 0.2) is 0 Å². The SMILES string of the molecule is C#CCNC(=O)COC(=O)CN1C(=O)NC2(CC(C)CC(C)(C)C2)C1=O. The number of nitrogens with zero attached hydrogens (tertiary/aromatic N) is 1. The predicted molar refractivity (Wildman–Crippen MR) is 92.6 cm³/mol. The summed E-state index contributed by atoms with van der Waals surface area (Å²) in [6.07, 6.45) is 7.04. The summed E-state index contributed by atoms with van der Waals surface area (Å²) in [5, 5.41) is 5.13. The van der Waals surface area contributed by atoms with Gasteiger partial charge in [-0.05, 0) is 30.6 Å². The Morgan fingerprint density at radius 1 is 1.38 bits per heavy atom. The number of esters is 1. The van der Waals surface area contributed by atoms with Crippen LogP contribution in [0.4, 0.5) is 4.79 Å². The molecular weight excluding hydrogens is 338 g/mol. The number of imide groups is 1. The van der Waals surface area contributed by atoms with Gasteiger partial charge in [-0.2, -0.15) is 0 Å². The molecule has 8 nitrogen and oxygen atoms in total. The zero-order chi connectivity index (χ0) is 19.5. The molecule has 2 N–H and O–H groups in total. The highest BCUT2D eigenvalue weighted by atomic mass is 16.5. The highest BCUT2D eigenvalue weighted by Gasteiger charge is 2.56. The lowest BCUT2D eigenvalue weighted by Gasteiger charge is -2.43. The third-order valence-electron chi connectivity index (χ3n) is 4.66. The van der Waals surface area contributed by atoms with E-state index in [-0.39, 0.29) is 17.9 Å². The van der Waals surface area contributed by atoms with Crippen molar-refractivity contribution in [2.45, 2.75) is 45.6 Å². The molecule has 26 heavy (non-hydrogen) atoms. The van der Waals surface area contributed by atoms with Gasteiger partial charge >= 0.3 is 12.0 Å². The summed E-state index contributed by atoms with van der Waals surface area (Å²) in [5.74, 6) is 0.710. The first kappa shape index (κ1) is 19.8. The van der Waals surface area contributed by atoms with Crippen molar-refractivity contribution in [3.05, 3.63) is 0 Å². The number of urea groups is 1. The highest BCUT2D eigenvalue weighted by molar-refractivity contribution is 6.08. The molecular formula is C18H25N3O5. The first-order chi connectivity index (χ1) is 12.1. The van der Waals surface area contributed by atoms with Crippen molar-refractivity contribution >= 4 is 23.8 Å². The monoisotopic (exact) mass is 363 g/mol. The number of nitrogens with one attached hydrogen (secondary N) is 2. The summed E-state index contributed by atoms with van der Waals surface area (Å²) in [7, 11) is 0. The van der Waals surface area contributed by atoms with Crippen LogP contribution in [0, 0.1) is 23.7 Å². The first-order valence-electron chi connectivity index (χ1n) is 8.58. The van der Waals surface area contributed by atoms with E-state index in [4.69, 9.17) is 11.2 Å². The molecule has 0 aromatic heterocycles. The summed E-state index contributed by atoms with van der Waals surface area (Å²) < 4.78 is 4.80. The maximum absolute atomic E-state index is 12.9. The lowest BCUT2D eigenvalue weighted by atomic mass is 9.64. The van der Waals surface area contributed by atoms with Crippen LogP contribution in [0.3, 0.4) is 0 Å². The quantitative estimate of drug-likeness (QED) is 0.418. The summed E-state index contributed by atoms with van der Waals surface area (Å²) in [6.45, 7) is 5.17. The lowest BCUT2D eigenvalue weighted by Crippen LogP contribution is -2.54. The number of ether oxygens (including phenoxy) is 1. The molecule has 0 aromatic carbocycles. The van der Waals surface area contributed by atoms with Crippen LogP contribution < -0.4 is 10.6 Å². The fraction of sp³-hybridized carbons (Fsp3) is 0.667. The van der Waals surface area contributed by atoms with E-state index in [1.54, 1.807) is 0 Å². The van der Waals surface area contributed by atoms with Crippen molar-refractivity contribution < 1.29 is 23.9 Å². The van der Waals surface area contributed by atoms with E-state index < -0.39 is 42.5 Å². The number of carbonyl (C=O) groups is 4. The Bertz CT molecular complexity index is 666. The Morgan fingerprint density at radius 3 is 2.69 bits per heavy atom. The van der Waals surface area contributed by atoms with E-state index in [1.807, 2.05) is 6.92 Å². The van der Waals surface area contributed by atoms with Crippen LogP contribution in [0.1, 0.15) is 40.0 Å². The zero-order valence-corrected chi connectivity index (χ0v) is 15.4. The molecule has 1 saturated carbocycles. The molecule has 1 heterocycles. The minimum Gasteiger partial charge on any atom is -0.454 e. The summed E-state index contributed by atoms with van der Waals surface area (Å²) in [4.78, 5) is 49.3. The van der Waals surface area contributed by atoms with Crippen molar-refractivity contribution in [3.63, 3.8) is 0 Å². The van der Waals surface area contributed by atoms with Gasteiger partial charge in [0.1, 0.15) is 12.1 Å². The second-order valence-corrected chi connectivity index (χ2v) is 7.90. The Morgan fingerprint density at radius 2 is 2.08 bits per heavy atom. The molecule has 2 aliphatic rings. The van der Waals surface area contributed by atoms with Crippen LogP contribution in [0.5, 0.6) is 0 Å². The first-order valence-corrected chi connectivity index (χ1v) is 8.58. The van der Waals surface area contributed by atoms with Gasteiger partial charge in [0.2, 0.25) is 0 Å².